The maximum absolute atomic E-state index is 9.79. The van der Waals surface area contributed by atoms with Crippen molar-refractivity contribution >= 4 is 38.9 Å². The molecular weight excluding hydrogens is 322 g/mol. The lowest BCUT2D eigenvalue weighted by atomic mass is 10.0. The maximum atomic E-state index is 9.79. The summed E-state index contributed by atoms with van der Waals surface area (Å²) >= 11 is 1.50. The Labute approximate surface area is 141 Å². The zero-order valence-electron chi connectivity index (χ0n) is 12.5. The Morgan fingerprint density at radius 1 is 1.21 bits per heavy atom. The van der Waals surface area contributed by atoms with Crippen LogP contribution in [0.2, 0.25) is 0 Å². The number of pyridine rings is 1. The molecule has 0 aliphatic carbocycles. The summed E-state index contributed by atoms with van der Waals surface area (Å²) in [6, 6.07) is 9.40. The molecule has 0 aliphatic rings. The highest BCUT2D eigenvalue weighted by molar-refractivity contribution is 7.13. The summed E-state index contributed by atoms with van der Waals surface area (Å²) in [7, 11) is 0. The van der Waals surface area contributed by atoms with Crippen molar-refractivity contribution in [3.63, 3.8) is 0 Å². The lowest BCUT2D eigenvalue weighted by Crippen LogP contribution is -1.92. The number of anilines is 2. The van der Waals surface area contributed by atoms with Crippen molar-refractivity contribution in [1.82, 2.24) is 20.2 Å². The number of nitrogens with zero attached hydrogens (tertiary/aromatic N) is 3. The minimum Gasteiger partial charge on any atom is -0.508 e. The number of aliphatic hydroxyl groups is 1. The van der Waals surface area contributed by atoms with Gasteiger partial charge in [-0.1, -0.05) is 12.6 Å². The highest BCUT2D eigenvalue weighted by Gasteiger charge is 2.12. The third kappa shape index (κ3) is 2.50. The fraction of sp³-hybridized carbons (Fsp3) is 0. The third-order valence-corrected chi connectivity index (χ3v) is 4.30. The number of aliphatic hydroxyl groups excluding tert-OH is 1. The van der Waals surface area contributed by atoms with Crippen molar-refractivity contribution in [1.29, 1.82) is 0 Å². The molecule has 3 aromatic heterocycles. The number of fused-ring (bicyclic) bond motifs is 1. The molecule has 4 rings (SSSR count). The zero-order chi connectivity index (χ0) is 16.5. The molecule has 118 valence electrons. The van der Waals surface area contributed by atoms with E-state index in [-0.39, 0.29) is 5.76 Å². The van der Waals surface area contributed by atoms with E-state index >= 15 is 0 Å². The first-order chi connectivity index (χ1) is 11.7. The van der Waals surface area contributed by atoms with E-state index in [4.69, 9.17) is 0 Å². The molecular formula is C17H13N5OS. The summed E-state index contributed by atoms with van der Waals surface area (Å²) in [4.78, 5) is 8.60. The topological polar surface area (TPSA) is 86.7 Å². The molecule has 7 heteroatoms. The summed E-state index contributed by atoms with van der Waals surface area (Å²) in [5.41, 5.74) is 3.05. The minimum absolute atomic E-state index is 0.00785. The Balaban J connectivity index is 1.82. The number of rotatable bonds is 4. The molecule has 0 spiro atoms. The minimum atomic E-state index is -0.00785. The van der Waals surface area contributed by atoms with Crippen LogP contribution in [-0.4, -0.2) is 25.3 Å². The van der Waals surface area contributed by atoms with Crippen molar-refractivity contribution < 1.29 is 5.11 Å². The van der Waals surface area contributed by atoms with Crippen LogP contribution in [0.3, 0.4) is 0 Å². The number of aromatic amines is 1. The lowest BCUT2D eigenvalue weighted by Gasteiger charge is -2.07. The molecule has 24 heavy (non-hydrogen) atoms. The number of aromatic nitrogens is 4. The molecule has 0 amide bonds. The van der Waals surface area contributed by atoms with E-state index in [0.29, 0.717) is 17.1 Å². The van der Waals surface area contributed by atoms with Crippen LogP contribution in [0.25, 0.3) is 27.9 Å². The summed E-state index contributed by atoms with van der Waals surface area (Å²) in [5, 5.41) is 23.9. The van der Waals surface area contributed by atoms with Crippen LogP contribution < -0.4 is 5.32 Å². The number of hydrogen-bond acceptors (Lipinski definition) is 6. The van der Waals surface area contributed by atoms with Crippen LogP contribution in [0.15, 0.2) is 54.7 Å². The number of benzene rings is 1. The van der Waals surface area contributed by atoms with E-state index < -0.39 is 0 Å². The van der Waals surface area contributed by atoms with E-state index in [1.807, 2.05) is 23.6 Å². The molecule has 0 radical (unpaired) electrons. The Morgan fingerprint density at radius 3 is 2.92 bits per heavy atom. The van der Waals surface area contributed by atoms with Gasteiger partial charge in [-0.25, -0.2) is 4.98 Å². The van der Waals surface area contributed by atoms with Gasteiger partial charge in [-0.15, -0.1) is 11.3 Å². The quantitative estimate of drug-likeness (QED) is 0.483. The molecule has 0 saturated heterocycles. The van der Waals surface area contributed by atoms with Crippen LogP contribution in [0, 0.1) is 0 Å². The first kappa shape index (κ1) is 14.4. The van der Waals surface area contributed by atoms with Gasteiger partial charge in [0, 0.05) is 34.3 Å². The SMILES string of the molecule is C=C(O)c1cccnc1-c1ccc2[nH]nc(Nc3nccs3)c2c1. The standard InChI is InChI=1S/C17H13N5OS/c1-10(23)12-3-2-6-18-15(12)11-4-5-14-13(9-11)16(22-21-14)20-17-19-7-8-24-17/h2-9,23H,1H2,(H2,19,20,21,22). The van der Waals surface area contributed by atoms with Gasteiger partial charge in [-0.2, -0.15) is 5.10 Å². The number of nitrogens with one attached hydrogen (secondary N) is 2. The van der Waals surface area contributed by atoms with Crippen molar-refractivity contribution in [3.8, 4) is 11.3 Å². The van der Waals surface area contributed by atoms with E-state index in [9.17, 15) is 5.11 Å². The van der Waals surface area contributed by atoms with Crippen LogP contribution in [-0.2, 0) is 0 Å². The van der Waals surface area contributed by atoms with Gasteiger partial charge in [0.15, 0.2) is 10.9 Å². The van der Waals surface area contributed by atoms with E-state index in [0.717, 1.165) is 21.6 Å². The van der Waals surface area contributed by atoms with Gasteiger partial charge in [0.1, 0.15) is 5.76 Å². The van der Waals surface area contributed by atoms with Crippen LogP contribution in [0.5, 0.6) is 0 Å². The van der Waals surface area contributed by atoms with E-state index in [1.165, 1.54) is 11.3 Å². The maximum Gasteiger partial charge on any atom is 0.188 e. The second kappa shape index (κ2) is 5.78. The second-order valence-corrected chi connectivity index (χ2v) is 6.04. The summed E-state index contributed by atoms with van der Waals surface area (Å²) in [5.74, 6) is 0.689. The van der Waals surface area contributed by atoms with Gasteiger partial charge >= 0.3 is 0 Å². The molecule has 0 fully saturated rings. The highest BCUT2D eigenvalue weighted by Crippen LogP contribution is 2.31. The summed E-state index contributed by atoms with van der Waals surface area (Å²) < 4.78 is 0. The first-order valence-corrected chi connectivity index (χ1v) is 8.08. The number of hydrogen-bond donors (Lipinski definition) is 3. The fourth-order valence-corrected chi connectivity index (χ4v) is 3.04. The Kier molecular flexibility index (Phi) is 3.47. The molecule has 0 aliphatic heterocycles. The fourth-order valence-electron chi connectivity index (χ4n) is 2.51. The smallest absolute Gasteiger partial charge is 0.188 e. The Hall–Kier alpha value is -3.19. The normalized spacial score (nSPS) is 10.8. The predicted octanol–water partition coefficient (Wildman–Crippen LogP) is 4.35. The zero-order valence-corrected chi connectivity index (χ0v) is 13.3. The Morgan fingerprint density at radius 2 is 2.12 bits per heavy atom. The van der Waals surface area contributed by atoms with Crippen LogP contribution in [0.1, 0.15) is 5.56 Å². The summed E-state index contributed by atoms with van der Waals surface area (Å²) in [6.45, 7) is 3.61. The monoisotopic (exact) mass is 335 g/mol. The number of H-pyrrole nitrogens is 1. The van der Waals surface area contributed by atoms with E-state index in [2.05, 4.69) is 32.1 Å². The van der Waals surface area contributed by atoms with Crippen LogP contribution >= 0.6 is 11.3 Å². The largest absolute Gasteiger partial charge is 0.508 e. The summed E-state index contributed by atoms with van der Waals surface area (Å²) in [6.07, 6.45) is 3.43. The Bertz CT molecular complexity index is 1020. The van der Waals surface area contributed by atoms with Gasteiger partial charge in [-0.05, 0) is 24.3 Å². The van der Waals surface area contributed by atoms with Crippen molar-refractivity contribution in [2.75, 3.05) is 5.32 Å². The number of thiazole rings is 1. The second-order valence-electron chi connectivity index (χ2n) is 5.14. The lowest BCUT2D eigenvalue weighted by molar-refractivity contribution is 0.514. The molecule has 0 saturated carbocycles. The highest BCUT2D eigenvalue weighted by atomic mass is 32.1. The predicted molar refractivity (Wildman–Crippen MR) is 96.4 cm³/mol. The van der Waals surface area contributed by atoms with E-state index in [1.54, 1.807) is 24.5 Å². The van der Waals surface area contributed by atoms with Gasteiger partial charge in [0.05, 0.1) is 11.2 Å². The molecule has 3 N–H and O–H groups in total. The van der Waals surface area contributed by atoms with Crippen molar-refractivity contribution in [2.24, 2.45) is 0 Å². The van der Waals surface area contributed by atoms with Crippen molar-refractivity contribution in [2.45, 2.75) is 0 Å². The average Bonchev–Trinajstić information content (AvgIpc) is 3.25. The van der Waals surface area contributed by atoms with Crippen LogP contribution in [0.4, 0.5) is 10.9 Å². The van der Waals surface area contributed by atoms with Gasteiger partial charge in [0.2, 0.25) is 0 Å². The molecule has 6 nitrogen and oxygen atoms in total. The molecule has 4 aromatic rings. The molecule has 3 heterocycles. The molecule has 0 bridgehead atoms. The van der Waals surface area contributed by atoms with Crippen molar-refractivity contribution in [3.05, 3.63) is 60.2 Å². The van der Waals surface area contributed by atoms with Gasteiger partial charge in [0.25, 0.3) is 0 Å². The van der Waals surface area contributed by atoms with Gasteiger partial charge in [-0.3, -0.25) is 10.1 Å². The molecule has 0 unspecified atom stereocenters. The molecule has 0 atom stereocenters. The molecule has 1 aromatic carbocycles. The average molecular weight is 335 g/mol. The first-order valence-electron chi connectivity index (χ1n) is 7.20. The third-order valence-electron chi connectivity index (χ3n) is 3.61. The van der Waals surface area contributed by atoms with Gasteiger partial charge < -0.3 is 10.4 Å².